The van der Waals surface area contributed by atoms with Crippen molar-refractivity contribution in [1.29, 1.82) is 0 Å². The zero-order chi connectivity index (χ0) is 12.0. The van der Waals surface area contributed by atoms with E-state index in [-0.39, 0.29) is 0 Å². The fourth-order valence-corrected chi connectivity index (χ4v) is 3.00. The van der Waals surface area contributed by atoms with Crippen molar-refractivity contribution < 1.29 is 0 Å². The van der Waals surface area contributed by atoms with Crippen molar-refractivity contribution in [2.75, 3.05) is 6.54 Å². The summed E-state index contributed by atoms with van der Waals surface area (Å²) < 4.78 is 0. The summed E-state index contributed by atoms with van der Waals surface area (Å²) in [6, 6.07) is 0. The van der Waals surface area contributed by atoms with Crippen molar-refractivity contribution in [3.8, 4) is 0 Å². The van der Waals surface area contributed by atoms with Crippen molar-refractivity contribution in [3.05, 3.63) is 4.91 Å². The number of hydrogen-bond donors (Lipinski definition) is 0. The Morgan fingerprint density at radius 3 is 2.62 bits per heavy atom. The van der Waals surface area contributed by atoms with Crippen molar-refractivity contribution in [3.63, 3.8) is 0 Å². The largest absolute Gasteiger partial charge is 0.151 e. The van der Waals surface area contributed by atoms with E-state index in [1.165, 1.54) is 38.5 Å². The van der Waals surface area contributed by atoms with E-state index in [1.807, 2.05) is 0 Å². The zero-order valence-electron chi connectivity index (χ0n) is 11.1. The fourth-order valence-electron chi connectivity index (χ4n) is 3.00. The average Bonchev–Trinajstić information content (AvgIpc) is 2.24. The number of nitroso groups, excluding NO2 is 1. The standard InChI is InChI=1S/C14H27NO/c1-11(2)14(10-15-16)8-7-13-6-4-5-12(3)9-13/h11-14H,4-10H2,1-3H3. The van der Waals surface area contributed by atoms with Crippen LogP contribution in [0.4, 0.5) is 0 Å². The third kappa shape index (κ3) is 4.63. The van der Waals surface area contributed by atoms with Gasteiger partial charge in [-0.3, -0.25) is 0 Å². The van der Waals surface area contributed by atoms with Gasteiger partial charge < -0.3 is 0 Å². The van der Waals surface area contributed by atoms with Gasteiger partial charge in [-0.2, -0.15) is 4.91 Å². The van der Waals surface area contributed by atoms with Crippen LogP contribution in [-0.4, -0.2) is 6.54 Å². The van der Waals surface area contributed by atoms with Gasteiger partial charge in [-0.05, 0) is 36.5 Å². The predicted octanol–water partition coefficient (Wildman–Crippen LogP) is 4.63. The van der Waals surface area contributed by atoms with Crippen LogP contribution in [0.2, 0.25) is 0 Å². The molecule has 1 saturated carbocycles. The fraction of sp³-hybridized carbons (Fsp3) is 1.00. The van der Waals surface area contributed by atoms with Crippen molar-refractivity contribution >= 4 is 0 Å². The molecule has 3 unspecified atom stereocenters. The average molecular weight is 225 g/mol. The van der Waals surface area contributed by atoms with Gasteiger partial charge in [-0.1, -0.05) is 51.6 Å². The molecule has 0 heterocycles. The third-order valence-corrected chi connectivity index (χ3v) is 4.24. The van der Waals surface area contributed by atoms with Crippen LogP contribution >= 0.6 is 0 Å². The maximum absolute atomic E-state index is 10.4. The summed E-state index contributed by atoms with van der Waals surface area (Å²) in [6.07, 6.45) is 8.14. The molecule has 0 bridgehead atoms. The number of rotatable bonds is 6. The molecular weight excluding hydrogens is 198 g/mol. The Kier molecular flexibility index (Phi) is 6.00. The molecule has 3 atom stereocenters. The molecule has 0 radical (unpaired) electrons. The summed E-state index contributed by atoms with van der Waals surface area (Å²) in [6.45, 7) is 7.30. The molecule has 0 N–H and O–H groups in total. The molecule has 1 fully saturated rings. The first-order valence-electron chi connectivity index (χ1n) is 6.92. The summed E-state index contributed by atoms with van der Waals surface area (Å²) >= 11 is 0. The molecular formula is C14H27NO. The van der Waals surface area contributed by atoms with Gasteiger partial charge in [0, 0.05) is 0 Å². The van der Waals surface area contributed by atoms with Gasteiger partial charge in [-0.15, -0.1) is 0 Å². The molecule has 0 amide bonds. The van der Waals surface area contributed by atoms with E-state index < -0.39 is 0 Å². The highest BCUT2D eigenvalue weighted by Gasteiger charge is 2.21. The molecule has 0 aromatic carbocycles. The Labute approximate surface area is 100 Å². The minimum atomic E-state index is 0.509. The van der Waals surface area contributed by atoms with E-state index in [0.29, 0.717) is 18.4 Å². The van der Waals surface area contributed by atoms with Crippen LogP contribution in [0.25, 0.3) is 0 Å². The van der Waals surface area contributed by atoms with Crippen LogP contribution < -0.4 is 0 Å². The lowest BCUT2D eigenvalue weighted by Gasteiger charge is -2.28. The molecule has 16 heavy (non-hydrogen) atoms. The van der Waals surface area contributed by atoms with Crippen molar-refractivity contribution in [2.45, 2.75) is 59.3 Å². The van der Waals surface area contributed by atoms with Crippen LogP contribution in [0.5, 0.6) is 0 Å². The van der Waals surface area contributed by atoms with E-state index in [0.717, 1.165) is 11.8 Å². The van der Waals surface area contributed by atoms with Crippen LogP contribution in [-0.2, 0) is 0 Å². The number of nitrogens with zero attached hydrogens (tertiary/aromatic N) is 1. The van der Waals surface area contributed by atoms with Crippen LogP contribution in [0.15, 0.2) is 5.18 Å². The second kappa shape index (κ2) is 7.03. The smallest absolute Gasteiger partial charge is 0.0841 e. The molecule has 94 valence electrons. The molecule has 1 aliphatic carbocycles. The van der Waals surface area contributed by atoms with Gasteiger partial charge in [0.25, 0.3) is 0 Å². The number of hydrogen-bond acceptors (Lipinski definition) is 2. The Morgan fingerprint density at radius 1 is 1.31 bits per heavy atom. The van der Waals surface area contributed by atoms with E-state index in [2.05, 4.69) is 25.9 Å². The highest BCUT2D eigenvalue weighted by molar-refractivity contribution is 4.73. The highest BCUT2D eigenvalue weighted by atomic mass is 16.3. The monoisotopic (exact) mass is 225 g/mol. The second-order valence-corrected chi connectivity index (χ2v) is 6.03. The molecule has 1 aliphatic rings. The first-order valence-corrected chi connectivity index (χ1v) is 6.92. The minimum Gasteiger partial charge on any atom is -0.151 e. The highest BCUT2D eigenvalue weighted by Crippen LogP contribution is 2.33. The van der Waals surface area contributed by atoms with Gasteiger partial charge in [0.05, 0.1) is 6.54 Å². The summed E-state index contributed by atoms with van der Waals surface area (Å²) in [4.78, 5) is 10.4. The zero-order valence-corrected chi connectivity index (χ0v) is 11.1. The Balaban J connectivity index is 2.27. The Morgan fingerprint density at radius 2 is 2.06 bits per heavy atom. The van der Waals surface area contributed by atoms with Crippen LogP contribution in [0, 0.1) is 28.6 Å². The molecule has 0 aromatic heterocycles. The van der Waals surface area contributed by atoms with Crippen LogP contribution in [0.1, 0.15) is 59.3 Å². The first-order chi connectivity index (χ1) is 7.63. The van der Waals surface area contributed by atoms with Crippen LogP contribution in [0.3, 0.4) is 0 Å². The Bertz CT molecular complexity index is 203. The third-order valence-electron chi connectivity index (χ3n) is 4.24. The molecule has 0 spiro atoms. The molecule has 0 saturated heterocycles. The topological polar surface area (TPSA) is 29.4 Å². The van der Waals surface area contributed by atoms with Gasteiger partial charge in [0.2, 0.25) is 0 Å². The van der Waals surface area contributed by atoms with Gasteiger partial charge in [0.15, 0.2) is 0 Å². The van der Waals surface area contributed by atoms with Gasteiger partial charge in [0.1, 0.15) is 0 Å². The predicted molar refractivity (Wildman–Crippen MR) is 69.3 cm³/mol. The lowest BCUT2D eigenvalue weighted by Crippen LogP contribution is -2.17. The molecule has 0 aliphatic heterocycles. The molecule has 0 aromatic rings. The summed E-state index contributed by atoms with van der Waals surface area (Å²) in [5.74, 6) is 2.94. The summed E-state index contributed by atoms with van der Waals surface area (Å²) in [5.41, 5.74) is 0. The lowest BCUT2D eigenvalue weighted by molar-refractivity contribution is 0.241. The maximum atomic E-state index is 10.4. The van der Waals surface area contributed by atoms with E-state index in [1.54, 1.807) is 0 Å². The normalized spacial score (nSPS) is 28.0. The maximum Gasteiger partial charge on any atom is 0.0841 e. The second-order valence-electron chi connectivity index (χ2n) is 6.03. The van der Waals surface area contributed by atoms with E-state index in [9.17, 15) is 4.91 Å². The molecule has 1 rings (SSSR count). The Hall–Kier alpha value is -0.400. The molecule has 2 heteroatoms. The summed E-state index contributed by atoms with van der Waals surface area (Å²) in [5, 5.41) is 3.09. The quantitative estimate of drug-likeness (QED) is 0.606. The lowest BCUT2D eigenvalue weighted by atomic mass is 9.78. The van der Waals surface area contributed by atoms with Gasteiger partial charge in [-0.25, -0.2) is 0 Å². The minimum absolute atomic E-state index is 0.509. The van der Waals surface area contributed by atoms with Gasteiger partial charge >= 0.3 is 0 Å². The van der Waals surface area contributed by atoms with Crippen molar-refractivity contribution in [2.24, 2.45) is 28.8 Å². The molecule has 2 nitrogen and oxygen atoms in total. The van der Waals surface area contributed by atoms with E-state index in [4.69, 9.17) is 0 Å². The SMILES string of the molecule is CC1CCCC(CCC(CN=O)C(C)C)C1. The first kappa shape index (κ1) is 13.7. The summed E-state index contributed by atoms with van der Waals surface area (Å²) in [7, 11) is 0. The van der Waals surface area contributed by atoms with Crippen molar-refractivity contribution in [1.82, 2.24) is 0 Å². The van der Waals surface area contributed by atoms with E-state index >= 15 is 0 Å².